The highest BCUT2D eigenvalue weighted by molar-refractivity contribution is 6.31. The van der Waals surface area contributed by atoms with Crippen LogP contribution in [0.25, 0.3) is 0 Å². The Kier molecular flexibility index (Phi) is 3.93. The summed E-state index contributed by atoms with van der Waals surface area (Å²) in [6.45, 7) is 5.83. The molecule has 1 aromatic heterocycles. The van der Waals surface area contributed by atoms with Crippen molar-refractivity contribution in [3.8, 4) is 5.75 Å². The second-order valence-corrected chi connectivity index (χ2v) is 7.44. The number of ether oxygens (including phenoxy) is 1. The van der Waals surface area contributed by atoms with E-state index < -0.39 is 5.54 Å². The molecule has 0 bridgehead atoms. The molecular formula is C19H20ClN3O2. The fourth-order valence-electron chi connectivity index (χ4n) is 3.66. The summed E-state index contributed by atoms with van der Waals surface area (Å²) in [4.78, 5) is 19.0. The van der Waals surface area contributed by atoms with Crippen molar-refractivity contribution in [1.82, 2.24) is 10.3 Å². The van der Waals surface area contributed by atoms with Crippen molar-refractivity contribution in [3.63, 3.8) is 0 Å². The topological polar surface area (TPSA) is 54.5 Å². The van der Waals surface area contributed by atoms with Gasteiger partial charge in [-0.1, -0.05) is 11.6 Å². The highest BCUT2D eigenvalue weighted by Gasteiger charge is 2.44. The number of carbonyl (C=O) groups is 1. The molecule has 3 heterocycles. The third kappa shape index (κ3) is 2.77. The molecule has 5 nitrogen and oxygen atoms in total. The van der Waals surface area contributed by atoms with Crippen LogP contribution in [-0.2, 0) is 5.54 Å². The number of benzene rings is 1. The molecule has 2 aliphatic heterocycles. The molecule has 1 N–H and O–H groups in total. The number of hydrogen-bond acceptors (Lipinski definition) is 4. The number of rotatable bonds is 3. The fraction of sp³-hybridized carbons (Fsp3) is 0.368. The molecule has 1 amide bonds. The van der Waals surface area contributed by atoms with Crippen molar-refractivity contribution < 1.29 is 9.53 Å². The average molecular weight is 358 g/mol. The second kappa shape index (κ2) is 6.00. The minimum atomic E-state index is -0.507. The molecule has 1 atom stereocenters. The van der Waals surface area contributed by atoms with Gasteiger partial charge < -0.3 is 10.1 Å². The Morgan fingerprint density at radius 3 is 2.92 bits per heavy atom. The largest absolute Gasteiger partial charge is 0.487 e. The highest BCUT2D eigenvalue weighted by Crippen LogP contribution is 2.43. The van der Waals surface area contributed by atoms with Crippen molar-refractivity contribution in [2.75, 3.05) is 18.0 Å². The molecule has 4 rings (SSSR count). The Hall–Kier alpha value is -2.11. The van der Waals surface area contributed by atoms with E-state index in [4.69, 9.17) is 16.3 Å². The first kappa shape index (κ1) is 16.4. The molecule has 2 aliphatic rings. The van der Waals surface area contributed by atoms with Gasteiger partial charge in [-0.15, -0.1) is 0 Å². The minimum absolute atomic E-state index is 0.0434. The predicted molar refractivity (Wildman–Crippen MR) is 97.4 cm³/mol. The number of anilines is 1. The van der Waals surface area contributed by atoms with Gasteiger partial charge in [-0.2, -0.15) is 0 Å². The Labute approximate surface area is 152 Å². The minimum Gasteiger partial charge on any atom is -0.487 e. The van der Waals surface area contributed by atoms with Gasteiger partial charge >= 0.3 is 0 Å². The second-order valence-electron chi connectivity index (χ2n) is 7.00. The predicted octanol–water partition coefficient (Wildman–Crippen LogP) is 3.37. The van der Waals surface area contributed by atoms with Crippen molar-refractivity contribution in [2.45, 2.75) is 31.9 Å². The van der Waals surface area contributed by atoms with Crippen LogP contribution in [0.4, 0.5) is 5.69 Å². The first-order valence-electron chi connectivity index (χ1n) is 8.44. The molecule has 1 saturated heterocycles. The van der Waals surface area contributed by atoms with Gasteiger partial charge in [0, 0.05) is 23.2 Å². The lowest BCUT2D eigenvalue weighted by Gasteiger charge is -2.32. The third-order valence-corrected chi connectivity index (χ3v) is 5.14. The van der Waals surface area contributed by atoms with Crippen LogP contribution < -0.4 is 15.0 Å². The van der Waals surface area contributed by atoms with E-state index in [1.54, 1.807) is 29.4 Å². The number of nitrogens with one attached hydrogen (secondary N) is 1. The SMILES string of the molecule is CC1(C)c2cc(Cl)ccc2C(=O)N1c1cncc(OC2CCNC2)c1. The van der Waals surface area contributed by atoms with Crippen LogP contribution in [0.15, 0.2) is 36.7 Å². The quantitative estimate of drug-likeness (QED) is 0.915. The van der Waals surface area contributed by atoms with Crippen molar-refractivity contribution >= 4 is 23.2 Å². The summed E-state index contributed by atoms with van der Waals surface area (Å²) < 4.78 is 5.99. The van der Waals surface area contributed by atoms with Crippen molar-refractivity contribution in [3.05, 3.63) is 52.8 Å². The van der Waals surface area contributed by atoms with Gasteiger partial charge in [0.1, 0.15) is 11.9 Å². The van der Waals surface area contributed by atoms with Gasteiger partial charge in [0.15, 0.2) is 0 Å². The molecule has 0 saturated carbocycles. The zero-order valence-electron chi connectivity index (χ0n) is 14.3. The van der Waals surface area contributed by atoms with E-state index in [9.17, 15) is 4.79 Å². The summed E-state index contributed by atoms with van der Waals surface area (Å²) in [6, 6.07) is 7.30. The van der Waals surface area contributed by atoms with Crippen LogP contribution in [0, 0.1) is 0 Å². The van der Waals surface area contributed by atoms with E-state index in [-0.39, 0.29) is 12.0 Å². The number of hydrogen-bond donors (Lipinski definition) is 1. The number of nitrogens with zero attached hydrogens (tertiary/aromatic N) is 2. The lowest BCUT2D eigenvalue weighted by atomic mass is 9.93. The number of pyridine rings is 1. The first-order chi connectivity index (χ1) is 12.0. The number of fused-ring (bicyclic) bond motifs is 1. The van der Waals surface area contributed by atoms with Crippen LogP contribution >= 0.6 is 11.6 Å². The molecule has 2 aromatic rings. The number of carbonyl (C=O) groups excluding carboxylic acids is 1. The molecule has 1 unspecified atom stereocenters. The molecule has 1 fully saturated rings. The van der Waals surface area contributed by atoms with Crippen LogP contribution in [0.1, 0.15) is 36.2 Å². The summed E-state index contributed by atoms with van der Waals surface area (Å²) in [5.74, 6) is 0.641. The zero-order valence-corrected chi connectivity index (χ0v) is 15.0. The Morgan fingerprint density at radius 2 is 2.16 bits per heavy atom. The highest BCUT2D eigenvalue weighted by atomic mass is 35.5. The maximum Gasteiger partial charge on any atom is 0.259 e. The molecule has 25 heavy (non-hydrogen) atoms. The number of aromatic nitrogens is 1. The van der Waals surface area contributed by atoms with Crippen LogP contribution in [0.2, 0.25) is 5.02 Å². The monoisotopic (exact) mass is 357 g/mol. The summed E-state index contributed by atoms with van der Waals surface area (Å²) >= 11 is 6.14. The maximum atomic E-state index is 13.0. The maximum absolute atomic E-state index is 13.0. The molecule has 0 aliphatic carbocycles. The molecule has 0 spiro atoms. The van der Waals surface area contributed by atoms with E-state index in [0.29, 0.717) is 16.3 Å². The number of amides is 1. The molecule has 0 radical (unpaired) electrons. The van der Waals surface area contributed by atoms with Gasteiger partial charge in [-0.25, -0.2) is 0 Å². The van der Waals surface area contributed by atoms with Gasteiger partial charge in [0.2, 0.25) is 0 Å². The van der Waals surface area contributed by atoms with Gasteiger partial charge in [-0.3, -0.25) is 14.7 Å². The molecule has 6 heteroatoms. The Morgan fingerprint density at radius 1 is 1.32 bits per heavy atom. The smallest absolute Gasteiger partial charge is 0.259 e. The fourth-order valence-corrected chi connectivity index (χ4v) is 3.83. The van der Waals surface area contributed by atoms with Gasteiger partial charge in [0.25, 0.3) is 5.91 Å². The van der Waals surface area contributed by atoms with E-state index in [1.807, 2.05) is 26.0 Å². The van der Waals surface area contributed by atoms with Crippen LogP contribution in [0.3, 0.4) is 0 Å². The van der Waals surface area contributed by atoms with Gasteiger partial charge in [0.05, 0.1) is 23.6 Å². The lowest BCUT2D eigenvalue weighted by molar-refractivity contribution is 0.0982. The zero-order chi connectivity index (χ0) is 17.6. The van der Waals surface area contributed by atoms with Crippen LogP contribution in [-0.4, -0.2) is 30.1 Å². The normalized spacial score (nSPS) is 21.5. The lowest BCUT2D eigenvalue weighted by Crippen LogP contribution is -2.39. The summed E-state index contributed by atoms with van der Waals surface area (Å²) in [5.41, 5.74) is 1.83. The van der Waals surface area contributed by atoms with E-state index in [0.717, 1.165) is 30.8 Å². The number of halogens is 1. The molecule has 130 valence electrons. The van der Waals surface area contributed by atoms with E-state index in [1.165, 1.54) is 0 Å². The van der Waals surface area contributed by atoms with E-state index >= 15 is 0 Å². The summed E-state index contributed by atoms with van der Waals surface area (Å²) in [6.07, 6.45) is 4.52. The molecular weight excluding hydrogens is 338 g/mol. The third-order valence-electron chi connectivity index (χ3n) is 4.91. The Balaban J connectivity index is 1.69. The summed E-state index contributed by atoms with van der Waals surface area (Å²) in [7, 11) is 0. The van der Waals surface area contributed by atoms with Crippen molar-refractivity contribution in [2.24, 2.45) is 0 Å². The summed E-state index contributed by atoms with van der Waals surface area (Å²) in [5, 5.41) is 3.91. The van der Waals surface area contributed by atoms with Crippen LogP contribution in [0.5, 0.6) is 5.75 Å². The standard InChI is InChI=1S/C19H20ClN3O2/c1-19(2)17-7-12(20)3-4-16(17)18(24)23(19)13-8-15(11-22-9-13)25-14-5-6-21-10-14/h3-4,7-9,11,14,21H,5-6,10H2,1-2H3. The Bertz CT molecular complexity index is 831. The first-order valence-corrected chi connectivity index (χ1v) is 8.81. The van der Waals surface area contributed by atoms with Crippen molar-refractivity contribution in [1.29, 1.82) is 0 Å². The van der Waals surface area contributed by atoms with E-state index in [2.05, 4.69) is 10.3 Å². The van der Waals surface area contributed by atoms with Gasteiger partial charge in [-0.05, 0) is 50.6 Å². The molecule has 1 aromatic carbocycles. The average Bonchev–Trinajstić information content (AvgIpc) is 3.13.